The summed E-state index contributed by atoms with van der Waals surface area (Å²) in [6, 6.07) is 3.51. The van der Waals surface area contributed by atoms with E-state index in [2.05, 4.69) is 10.1 Å². The number of nitrogens with two attached hydrogens (primary N) is 1. The number of nitrogens with zero attached hydrogens (tertiary/aromatic N) is 2. The number of hydrogen-bond acceptors (Lipinski definition) is 5. The summed E-state index contributed by atoms with van der Waals surface area (Å²) in [5.74, 6) is 0.862. The first-order valence-corrected chi connectivity index (χ1v) is 4.95. The van der Waals surface area contributed by atoms with Gasteiger partial charge in [-0.15, -0.1) is 0 Å². The van der Waals surface area contributed by atoms with Crippen LogP contribution in [0, 0.1) is 13.8 Å². The molecule has 5 heteroatoms. The number of rotatable bonds is 2. The quantitative estimate of drug-likeness (QED) is 0.799. The molecule has 0 unspecified atom stereocenters. The van der Waals surface area contributed by atoms with E-state index in [9.17, 15) is 5.11 Å². The molecular weight excluding hydrogens is 206 g/mol. The van der Waals surface area contributed by atoms with Gasteiger partial charge >= 0.3 is 0 Å². The van der Waals surface area contributed by atoms with E-state index in [1.807, 2.05) is 19.9 Å². The second-order valence-electron chi connectivity index (χ2n) is 3.67. The Kier molecular flexibility index (Phi) is 2.62. The van der Waals surface area contributed by atoms with Crippen molar-refractivity contribution in [1.82, 2.24) is 10.1 Å². The first-order chi connectivity index (χ1) is 7.61. The highest BCUT2D eigenvalue weighted by Crippen LogP contribution is 2.29. The number of phenols is 1. The monoisotopic (exact) mass is 219 g/mol. The highest BCUT2D eigenvalue weighted by Gasteiger charge is 2.12. The molecule has 1 heterocycles. The molecule has 3 N–H and O–H groups in total. The first-order valence-electron chi connectivity index (χ1n) is 4.95. The van der Waals surface area contributed by atoms with Crippen molar-refractivity contribution >= 4 is 0 Å². The summed E-state index contributed by atoms with van der Waals surface area (Å²) in [6.07, 6.45) is 0. The summed E-state index contributed by atoms with van der Waals surface area (Å²) < 4.78 is 4.90. The fourth-order valence-corrected chi connectivity index (χ4v) is 1.43. The summed E-state index contributed by atoms with van der Waals surface area (Å²) in [5.41, 5.74) is 8.02. The van der Waals surface area contributed by atoms with Gasteiger partial charge in [-0.2, -0.15) is 4.98 Å². The maximum Gasteiger partial charge on any atom is 0.240 e. The van der Waals surface area contributed by atoms with Crippen LogP contribution in [0.4, 0.5) is 0 Å². The van der Waals surface area contributed by atoms with Crippen LogP contribution >= 0.6 is 0 Å². The third kappa shape index (κ3) is 1.77. The Hall–Kier alpha value is -1.88. The average molecular weight is 219 g/mol. The van der Waals surface area contributed by atoms with Crippen molar-refractivity contribution in [1.29, 1.82) is 0 Å². The van der Waals surface area contributed by atoms with Crippen molar-refractivity contribution in [2.24, 2.45) is 5.73 Å². The molecule has 2 rings (SSSR count). The van der Waals surface area contributed by atoms with Gasteiger partial charge in [0.1, 0.15) is 5.75 Å². The molecular formula is C11H13N3O2. The van der Waals surface area contributed by atoms with E-state index < -0.39 is 0 Å². The van der Waals surface area contributed by atoms with Crippen LogP contribution in [0.3, 0.4) is 0 Å². The zero-order valence-corrected chi connectivity index (χ0v) is 9.19. The van der Waals surface area contributed by atoms with Crippen molar-refractivity contribution in [3.63, 3.8) is 0 Å². The lowest BCUT2D eigenvalue weighted by Crippen LogP contribution is -1.95. The van der Waals surface area contributed by atoms with Crippen molar-refractivity contribution in [3.05, 3.63) is 29.2 Å². The zero-order valence-electron chi connectivity index (χ0n) is 9.19. The number of phenolic OH excluding ortho intramolecular Hbond substituents is 1. The Morgan fingerprint density at radius 2 is 2.00 bits per heavy atom. The van der Waals surface area contributed by atoms with E-state index in [0.717, 1.165) is 11.1 Å². The number of aromatic hydroxyl groups is 1. The van der Waals surface area contributed by atoms with Crippen LogP contribution in [-0.4, -0.2) is 15.2 Å². The highest BCUT2D eigenvalue weighted by molar-refractivity contribution is 5.65. The van der Waals surface area contributed by atoms with Crippen LogP contribution < -0.4 is 5.73 Å². The number of aryl methyl sites for hydroxylation is 2. The molecule has 0 amide bonds. The Bertz CT molecular complexity index is 520. The highest BCUT2D eigenvalue weighted by atomic mass is 16.5. The van der Waals surface area contributed by atoms with Crippen molar-refractivity contribution in [2.45, 2.75) is 20.4 Å². The molecule has 0 radical (unpaired) electrons. The normalized spacial score (nSPS) is 10.7. The predicted molar refractivity (Wildman–Crippen MR) is 58.8 cm³/mol. The minimum absolute atomic E-state index is 0.146. The smallest absolute Gasteiger partial charge is 0.240 e. The fourth-order valence-electron chi connectivity index (χ4n) is 1.43. The zero-order chi connectivity index (χ0) is 11.7. The lowest BCUT2D eigenvalue weighted by atomic mass is 10.0. The Labute approximate surface area is 92.9 Å². The average Bonchev–Trinajstić information content (AvgIpc) is 2.71. The second-order valence-corrected chi connectivity index (χ2v) is 3.67. The summed E-state index contributed by atoms with van der Waals surface area (Å²) in [6.45, 7) is 4.08. The molecule has 0 atom stereocenters. The molecule has 5 nitrogen and oxygen atoms in total. The maximum absolute atomic E-state index is 9.80. The van der Waals surface area contributed by atoms with Gasteiger partial charge in [-0.1, -0.05) is 5.16 Å². The molecule has 0 spiro atoms. The van der Waals surface area contributed by atoms with Gasteiger partial charge in [-0.25, -0.2) is 0 Å². The minimum Gasteiger partial charge on any atom is -0.507 e. The summed E-state index contributed by atoms with van der Waals surface area (Å²) in [4.78, 5) is 4.07. The van der Waals surface area contributed by atoms with Crippen LogP contribution in [0.25, 0.3) is 11.4 Å². The van der Waals surface area contributed by atoms with Gasteiger partial charge in [0.25, 0.3) is 0 Å². The van der Waals surface area contributed by atoms with Gasteiger partial charge < -0.3 is 15.4 Å². The molecule has 1 aromatic carbocycles. The lowest BCUT2D eigenvalue weighted by Gasteiger charge is -2.04. The van der Waals surface area contributed by atoms with Crippen LogP contribution in [0.5, 0.6) is 5.75 Å². The molecule has 0 aliphatic rings. The van der Waals surface area contributed by atoms with E-state index in [0.29, 0.717) is 17.3 Å². The molecule has 16 heavy (non-hydrogen) atoms. The van der Waals surface area contributed by atoms with Crippen molar-refractivity contribution in [2.75, 3.05) is 0 Å². The van der Waals surface area contributed by atoms with Gasteiger partial charge in [-0.05, 0) is 37.1 Å². The SMILES string of the molecule is Cc1cc(O)c(-c2noc(CN)n2)cc1C. The van der Waals surface area contributed by atoms with E-state index >= 15 is 0 Å². The lowest BCUT2D eigenvalue weighted by molar-refractivity contribution is 0.380. The van der Waals surface area contributed by atoms with Gasteiger partial charge in [0.05, 0.1) is 12.1 Å². The summed E-state index contributed by atoms with van der Waals surface area (Å²) in [5, 5.41) is 13.6. The fraction of sp³-hybridized carbons (Fsp3) is 0.273. The molecule has 0 saturated heterocycles. The Morgan fingerprint density at radius 1 is 1.31 bits per heavy atom. The molecule has 0 fully saturated rings. The molecule has 0 aliphatic carbocycles. The van der Waals surface area contributed by atoms with Crippen molar-refractivity contribution < 1.29 is 9.63 Å². The molecule has 84 valence electrons. The number of hydrogen-bond donors (Lipinski definition) is 2. The first kappa shape index (κ1) is 10.6. The third-order valence-electron chi connectivity index (χ3n) is 2.50. The maximum atomic E-state index is 9.80. The third-order valence-corrected chi connectivity index (χ3v) is 2.50. The van der Waals surface area contributed by atoms with E-state index in [1.54, 1.807) is 6.07 Å². The van der Waals surface area contributed by atoms with Gasteiger partial charge in [0, 0.05) is 0 Å². The van der Waals surface area contributed by atoms with Gasteiger partial charge in [0.15, 0.2) is 0 Å². The summed E-state index contributed by atoms with van der Waals surface area (Å²) >= 11 is 0. The molecule has 2 aromatic rings. The minimum atomic E-state index is 0.146. The second kappa shape index (κ2) is 3.94. The van der Waals surface area contributed by atoms with Crippen molar-refractivity contribution in [3.8, 4) is 17.1 Å². The summed E-state index contributed by atoms with van der Waals surface area (Å²) in [7, 11) is 0. The number of benzene rings is 1. The van der Waals surface area contributed by atoms with Crippen LogP contribution in [0.2, 0.25) is 0 Å². The largest absolute Gasteiger partial charge is 0.507 e. The molecule has 0 saturated carbocycles. The molecule has 0 bridgehead atoms. The van der Waals surface area contributed by atoms with E-state index in [1.165, 1.54) is 0 Å². The topological polar surface area (TPSA) is 85.2 Å². The predicted octanol–water partition coefficient (Wildman–Crippen LogP) is 1.52. The van der Waals surface area contributed by atoms with E-state index in [4.69, 9.17) is 10.3 Å². The van der Waals surface area contributed by atoms with Crippen LogP contribution in [0.1, 0.15) is 17.0 Å². The Balaban J connectivity index is 2.51. The molecule has 0 aliphatic heterocycles. The molecule has 1 aromatic heterocycles. The van der Waals surface area contributed by atoms with Crippen LogP contribution in [0.15, 0.2) is 16.7 Å². The van der Waals surface area contributed by atoms with Crippen LogP contribution in [-0.2, 0) is 6.54 Å². The van der Waals surface area contributed by atoms with Gasteiger partial charge in [0.2, 0.25) is 11.7 Å². The number of aromatic nitrogens is 2. The standard InChI is InChI=1S/C11H13N3O2/c1-6-3-8(9(15)4-7(6)2)11-13-10(5-12)16-14-11/h3-4,15H,5,12H2,1-2H3. The van der Waals surface area contributed by atoms with Gasteiger partial charge in [-0.3, -0.25) is 0 Å². The van der Waals surface area contributed by atoms with E-state index in [-0.39, 0.29) is 12.3 Å². The Morgan fingerprint density at radius 3 is 2.62 bits per heavy atom.